The number of aromatic nitrogens is 2. The van der Waals surface area contributed by atoms with Crippen molar-refractivity contribution < 1.29 is 23.8 Å². The van der Waals surface area contributed by atoms with Gasteiger partial charge in [-0.1, -0.05) is 27.7 Å². The van der Waals surface area contributed by atoms with Gasteiger partial charge in [-0.05, 0) is 49.0 Å². The van der Waals surface area contributed by atoms with Crippen LogP contribution in [0.25, 0.3) is 0 Å². The van der Waals surface area contributed by atoms with E-state index in [1.807, 2.05) is 27.7 Å². The van der Waals surface area contributed by atoms with Gasteiger partial charge in [0.05, 0.1) is 24.0 Å². The molecule has 0 spiro atoms. The van der Waals surface area contributed by atoms with Crippen molar-refractivity contribution in [2.45, 2.75) is 84.0 Å². The Morgan fingerprint density at radius 1 is 1.24 bits per heavy atom. The lowest BCUT2D eigenvalue weighted by Crippen LogP contribution is -2.62. The molecule has 2 aliphatic rings. The predicted molar refractivity (Wildman–Crippen MR) is 104 cm³/mol. The number of alkyl halides is 2. The van der Waals surface area contributed by atoms with Gasteiger partial charge in [0.1, 0.15) is 5.60 Å². The average molecular weight is 414 g/mol. The molecule has 1 amide bonds. The highest BCUT2D eigenvalue weighted by atomic mass is 19.3. The number of aliphatic hydroxyl groups is 2. The molecule has 1 aliphatic heterocycles. The summed E-state index contributed by atoms with van der Waals surface area (Å²) in [6.45, 7) is 7.44. The third kappa shape index (κ3) is 3.93. The lowest BCUT2D eigenvalue weighted by Gasteiger charge is -2.51. The van der Waals surface area contributed by atoms with E-state index >= 15 is 8.78 Å². The van der Waals surface area contributed by atoms with E-state index in [4.69, 9.17) is 0 Å². The third-order valence-electron chi connectivity index (χ3n) is 6.36. The summed E-state index contributed by atoms with van der Waals surface area (Å²) < 4.78 is 32.6. The van der Waals surface area contributed by atoms with Crippen LogP contribution in [-0.4, -0.2) is 48.9 Å². The molecule has 0 unspecified atom stereocenters. The van der Waals surface area contributed by atoms with Gasteiger partial charge < -0.3 is 15.1 Å². The molecule has 6 nitrogen and oxygen atoms in total. The maximum absolute atomic E-state index is 15.6. The van der Waals surface area contributed by atoms with E-state index in [9.17, 15) is 15.0 Å². The van der Waals surface area contributed by atoms with E-state index in [2.05, 4.69) is 5.10 Å². The highest BCUT2D eigenvalue weighted by Gasteiger charge is 2.65. The molecule has 2 heterocycles. The first kappa shape index (κ1) is 22.2. The summed E-state index contributed by atoms with van der Waals surface area (Å²) >= 11 is 0. The van der Waals surface area contributed by atoms with Crippen LogP contribution in [0, 0.1) is 10.8 Å². The molecule has 1 aliphatic carbocycles. The summed E-state index contributed by atoms with van der Waals surface area (Å²) in [6.07, 6.45) is 1.57. The number of carbonyl (C=O) groups excluding carboxylic acids is 1. The molecule has 8 heteroatoms. The maximum Gasteiger partial charge on any atom is 0.352 e. The Bertz CT molecular complexity index is 772. The molecule has 0 aromatic carbocycles. The van der Waals surface area contributed by atoms with Crippen molar-refractivity contribution in [3.05, 3.63) is 17.5 Å². The number of amides is 1. The van der Waals surface area contributed by atoms with Crippen molar-refractivity contribution in [2.75, 3.05) is 6.54 Å². The van der Waals surface area contributed by atoms with Crippen molar-refractivity contribution >= 4 is 5.91 Å². The number of likely N-dealkylation sites (tertiary alicyclic amines) is 1. The van der Waals surface area contributed by atoms with Crippen LogP contribution in [0.5, 0.6) is 0 Å². The molecular weight excluding hydrogens is 380 g/mol. The van der Waals surface area contributed by atoms with Crippen molar-refractivity contribution in [1.82, 2.24) is 14.7 Å². The van der Waals surface area contributed by atoms with Gasteiger partial charge in [-0.15, -0.1) is 0 Å². The van der Waals surface area contributed by atoms with Crippen LogP contribution in [0.4, 0.5) is 8.78 Å². The van der Waals surface area contributed by atoms with Crippen LogP contribution in [0.15, 0.2) is 6.07 Å². The Kier molecular flexibility index (Phi) is 5.36. The summed E-state index contributed by atoms with van der Waals surface area (Å²) in [7, 11) is 1.67. The highest BCUT2D eigenvalue weighted by Crippen LogP contribution is 2.55. The summed E-state index contributed by atoms with van der Waals surface area (Å²) in [6, 6.07) is 1.07. The van der Waals surface area contributed by atoms with E-state index in [0.717, 1.165) is 4.90 Å². The Labute approximate surface area is 170 Å². The number of hydrogen-bond donors (Lipinski definition) is 2. The van der Waals surface area contributed by atoms with Gasteiger partial charge in [-0.25, -0.2) is 0 Å². The Balaban J connectivity index is 1.90. The molecule has 1 saturated carbocycles. The summed E-state index contributed by atoms with van der Waals surface area (Å²) in [5, 5.41) is 24.8. The fraction of sp³-hybridized carbons (Fsp3) is 0.810. The largest absolute Gasteiger partial charge is 0.390 e. The average Bonchev–Trinajstić information content (AvgIpc) is 3.16. The second-order valence-electron chi connectivity index (χ2n) is 10.5. The first-order chi connectivity index (χ1) is 13.2. The van der Waals surface area contributed by atoms with Crippen LogP contribution in [0.2, 0.25) is 0 Å². The predicted octanol–water partition coefficient (Wildman–Crippen LogP) is 3.18. The number of aliphatic hydroxyl groups excluding tert-OH is 1. The van der Waals surface area contributed by atoms with Crippen molar-refractivity contribution in [3.63, 3.8) is 0 Å². The van der Waals surface area contributed by atoms with Gasteiger partial charge in [0.2, 0.25) is 0 Å². The van der Waals surface area contributed by atoms with E-state index in [0.29, 0.717) is 30.7 Å². The van der Waals surface area contributed by atoms with E-state index in [-0.39, 0.29) is 26.0 Å². The molecule has 29 heavy (non-hydrogen) atoms. The minimum absolute atomic E-state index is 0.126. The van der Waals surface area contributed by atoms with E-state index in [1.165, 1.54) is 4.68 Å². The Morgan fingerprint density at radius 2 is 1.83 bits per heavy atom. The highest BCUT2D eigenvalue weighted by molar-refractivity contribution is 5.85. The summed E-state index contributed by atoms with van der Waals surface area (Å²) in [5.41, 5.74) is -2.33. The molecule has 1 saturated heterocycles. The number of aryl methyl sites for hydroxylation is 1. The second kappa shape index (κ2) is 7.01. The smallest absolute Gasteiger partial charge is 0.352 e. The minimum Gasteiger partial charge on any atom is -0.390 e. The van der Waals surface area contributed by atoms with Gasteiger partial charge in [-0.2, -0.15) is 13.9 Å². The maximum atomic E-state index is 15.6. The Hall–Kier alpha value is -1.54. The fourth-order valence-electron chi connectivity index (χ4n) is 5.83. The monoisotopic (exact) mass is 413 g/mol. The summed E-state index contributed by atoms with van der Waals surface area (Å²) in [4.78, 5) is 14.2. The molecule has 3 rings (SSSR count). The lowest BCUT2D eigenvalue weighted by molar-refractivity contribution is -0.231. The zero-order valence-electron chi connectivity index (χ0n) is 18.0. The van der Waals surface area contributed by atoms with Gasteiger partial charge in [0.25, 0.3) is 5.91 Å². The molecule has 2 N–H and O–H groups in total. The SMILES string of the molecule is Cn1nc([C@@H]2CCCN2C(=O)C(F)(F)C2(O)CC(C)(C)CC(C)(C)C2)cc1CO. The fourth-order valence-corrected chi connectivity index (χ4v) is 5.83. The van der Waals surface area contributed by atoms with Crippen LogP contribution < -0.4 is 0 Å². The number of halogens is 2. The third-order valence-corrected chi connectivity index (χ3v) is 6.36. The van der Waals surface area contributed by atoms with E-state index in [1.54, 1.807) is 13.1 Å². The first-order valence-corrected chi connectivity index (χ1v) is 10.3. The van der Waals surface area contributed by atoms with Crippen LogP contribution in [0.3, 0.4) is 0 Å². The molecule has 2 fully saturated rings. The van der Waals surface area contributed by atoms with Gasteiger partial charge >= 0.3 is 5.92 Å². The van der Waals surface area contributed by atoms with Crippen molar-refractivity contribution in [1.29, 1.82) is 0 Å². The molecule has 1 atom stereocenters. The number of carbonyl (C=O) groups is 1. The first-order valence-electron chi connectivity index (χ1n) is 10.3. The topological polar surface area (TPSA) is 78.6 Å². The Morgan fingerprint density at radius 3 is 2.34 bits per heavy atom. The minimum atomic E-state index is -3.89. The molecule has 0 radical (unpaired) electrons. The van der Waals surface area contributed by atoms with Gasteiger partial charge in [0.15, 0.2) is 0 Å². The second-order valence-corrected chi connectivity index (χ2v) is 10.5. The van der Waals surface area contributed by atoms with Crippen molar-refractivity contribution in [3.8, 4) is 0 Å². The molecule has 1 aromatic rings. The van der Waals surface area contributed by atoms with Gasteiger partial charge in [0, 0.05) is 13.6 Å². The van der Waals surface area contributed by atoms with Gasteiger partial charge in [-0.3, -0.25) is 9.48 Å². The number of hydrogen-bond acceptors (Lipinski definition) is 4. The molecule has 0 bridgehead atoms. The van der Waals surface area contributed by atoms with Crippen LogP contribution >= 0.6 is 0 Å². The summed E-state index contributed by atoms with van der Waals surface area (Å²) in [5.74, 6) is -5.22. The standard InChI is InChI=1S/C21H33F2N3O3/c1-18(2)11-19(3,4)13-20(29,12-18)21(22,23)17(28)26-8-6-7-16(26)15-9-14(10-27)25(5)24-15/h9,16,27,29H,6-8,10-13H2,1-5H3/t16-/m0/s1. The normalized spacial score (nSPS) is 26.0. The van der Waals surface area contributed by atoms with Crippen molar-refractivity contribution in [2.24, 2.45) is 17.9 Å². The molecule has 164 valence electrons. The number of nitrogens with zero attached hydrogens (tertiary/aromatic N) is 3. The van der Waals surface area contributed by atoms with E-state index < -0.39 is 34.3 Å². The zero-order valence-corrected chi connectivity index (χ0v) is 18.0. The molecule has 1 aromatic heterocycles. The van der Waals surface area contributed by atoms with Crippen LogP contribution in [0.1, 0.15) is 77.2 Å². The molecular formula is C21H33F2N3O3. The van der Waals surface area contributed by atoms with Crippen LogP contribution in [-0.2, 0) is 18.4 Å². The lowest BCUT2D eigenvalue weighted by atomic mass is 9.58. The zero-order chi connectivity index (χ0) is 21.8. The quantitative estimate of drug-likeness (QED) is 0.795. The number of rotatable bonds is 4.